The predicted molar refractivity (Wildman–Crippen MR) is 66.3 cm³/mol. The first-order valence-corrected chi connectivity index (χ1v) is 5.98. The van der Waals surface area contributed by atoms with Crippen LogP contribution in [0.2, 0.25) is 0 Å². The minimum Gasteiger partial charge on any atom is -0.390 e. The fourth-order valence-electron chi connectivity index (χ4n) is 2.75. The van der Waals surface area contributed by atoms with Gasteiger partial charge in [-0.3, -0.25) is 0 Å². The van der Waals surface area contributed by atoms with Crippen LogP contribution in [0, 0.1) is 5.41 Å². The fraction of sp³-hybridized carbons (Fsp3) is 0.571. The Hall–Kier alpha value is -0.860. The molecule has 0 radical (unpaired) electrons. The van der Waals surface area contributed by atoms with E-state index in [1.807, 2.05) is 13.8 Å². The monoisotopic (exact) mass is 219 g/mol. The number of hydrogen-bond donors (Lipinski definition) is 2. The van der Waals surface area contributed by atoms with E-state index in [0.29, 0.717) is 6.54 Å². The normalized spacial score (nSPS) is 25.2. The van der Waals surface area contributed by atoms with E-state index < -0.39 is 5.60 Å². The number of benzene rings is 1. The molecule has 1 aromatic carbocycles. The molecule has 0 fully saturated rings. The number of nitrogens with two attached hydrogens (primary N) is 1. The predicted octanol–water partition coefficient (Wildman–Crippen LogP) is 1.89. The molecule has 0 aliphatic heterocycles. The summed E-state index contributed by atoms with van der Waals surface area (Å²) in [6.07, 6.45) is 2.89. The zero-order valence-corrected chi connectivity index (χ0v) is 10.2. The number of fused-ring (bicyclic) bond motifs is 1. The second-order valence-corrected chi connectivity index (χ2v) is 5.49. The second kappa shape index (κ2) is 3.86. The minimum atomic E-state index is -0.713. The van der Waals surface area contributed by atoms with Crippen LogP contribution in [-0.4, -0.2) is 17.3 Å². The van der Waals surface area contributed by atoms with Gasteiger partial charge in [0.15, 0.2) is 0 Å². The molecule has 0 saturated carbocycles. The van der Waals surface area contributed by atoms with Crippen LogP contribution >= 0.6 is 0 Å². The first-order valence-electron chi connectivity index (χ1n) is 5.98. The molecule has 1 aliphatic rings. The van der Waals surface area contributed by atoms with Crippen molar-refractivity contribution in [3.63, 3.8) is 0 Å². The van der Waals surface area contributed by atoms with E-state index in [4.69, 9.17) is 5.73 Å². The van der Waals surface area contributed by atoms with E-state index in [0.717, 1.165) is 19.3 Å². The third kappa shape index (κ3) is 1.76. The molecule has 0 heterocycles. The van der Waals surface area contributed by atoms with Gasteiger partial charge in [-0.1, -0.05) is 24.3 Å². The van der Waals surface area contributed by atoms with Crippen LogP contribution in [0.1, 0.15) is 31.4 Å². The molecule has 2 rings (SSSR count). The SMILES string of the molecule is CC(C)(O)C1(CN)CCc2ccccc2C1. The maximum atomic E-state index is 10.3. The standard InChI is InChI=1S/C14H21NO/c1-13(2,16)14(10-15)8-7-11-5-3-4-6-12(11)9-14/h3-6,16H,7-10,15H2,1-2H3. The second-order valence-electron chi connectivity index (χ2n) is 5.49. The van der Waals surface area contributed by atoms with Gasteiger partial charge in [0.2, 0.25) is 0 Å². The molecular weight excluding hydrogens is 198 g/mol. The highest BCUT2D eigenvalue weighted by molar-refractivity contribution is 5.32. The van der Waals surface area contributed by atoms with Crippen LogP contribution < -0.4 is 5.73 Å². The Bertz CT molecular complexity index is 381. The summed E-state index contributed by atoms with van der Waals surface area (Å²) in [5, 5.41) is 10.3. The molecule has 0 amide bonds. The molecule has 0 aromatic heterocycles. The van der Waals surface area contributed by atoms with Gasteiger partial charge in [-0.25, -0.2) is 0 Å². The molecule has 88 valence electrons. The average Bonchev–Trinajstić information content (AvgIpc) is 2.27. The van der Waals surface area contributed by atoms with Crippen LogP contribution in [0.3, 0.4) is 0 Å². The van der Waals surface area contributed by atoms with E-state index in [-0.39, 0.29) is 5.41 Å². The lowest BCUT2D eigenvalue weighted by Crippen LogP contribution is -2.52. The first kappa shape index (κ1) is 11.6. The minimum absolute atomic E-state index is 0.165. The Morgan fingerprint density at radius 3 is 2.50 bits per heavy atom. The van der Waals surface area contributed by atoms with Gasteiger partial charge in [0.1, 0.15) is 0 Å². The lowest BCUT2D eigenvalue weighted by molar-refractivity contribution is -0.0588. The first-order chi connectivity index (χ1) is 7.48. The molecule has 3 N–H and O–H groups in total. The van der Waals surface area contributed by atoms with Crippen molar-refractivity contribution < 1.29 is 5.11 Å². The van der Waals surface area contributed by atoms with E-state index in [1.165, 1.54) is 11.1 Å². The van der Waals surface area contributed by atoms with Gasteiger partial charge >= 0.3 is 0 Å². The van der Waals surface area contributed by atoms with Crippen molar-refractivity contribution >= 4 is 0 Å². The van der Waals surface area contributed by atoms with E-state index in [2.05, 4.69) is 24.3 Å². The van der Waals surface area contributed by atoms with Gasteiger partial charge in [-0.15, -0.1) is 0 Å². The lowest BCUT2D eigenvalue weighted by Gasteiger charge is -2.46. The molecule has 1 atom stereocenters. The maximum absolute atomic E-state index is 10.3. The van der Waals surface area contributed by atoms with Crippen LogP contribution in [0.15, 0.2) is 24.3 Å². The number of hydrogen-bond acceptors (Lipinski definition) is 2. The van der Waals surface area contributed by atoms with Crippen molar-refractivity contribution in [2.24, 2.45) is 11.1 Å². The summed E-state index contributed by atoms with van der Waals surface area (Å²) in [6, 6.07) is 8.49. The van der Waals surface area contributed by atoms with Crippen molar-refractivity contribution in [3.05, 3.63) is 35.4 Å². The van der Waals surface area contributed by atoms with Gasteiger partial charge in [0.25, 0.3) is 0 Å². The summed E-state index contributed by atoms with van der Waals surface area (Å²) >= 11 is 0. The van der Waals surface area contributed by atoms with Crippen LogP contribution in [0.25, 0.3) is 0 Å². The molecule has 1 aliphatic carbocycles. The summed E-state index contributed by atoms with van der Waals surface area (Å²) in [5.41, 5.74) is 7.80. The molecule has 2 heteroatoms. The van der Waals surface area contributed by atoms with Crippen LogP contribution in [0.4, 0.5) is 0 Å². The quantitative estimate of drug-likeness (QED) is 0.798. The maximum Gasteiger partial charge on any atom is 0.0663 e. The van der Waals surface area contributed by atoms with Gasteiger partial charge in [-0.2, -0.15) is 0 Å². The fourth-order valence-corrected chi connectivity index (χ4v) is 2.75. The zero-order valence-electron chi connectivity index (χ0n) is 10.2. The lowest BCUT2D eigenvalue weighted by atomic mass is 9.63. The van der Waals surface area contributed by atoms with Gasteiger partial charge < -0.3 is 10.8 Å². The van der Waals surface area contributed by atoms with Crippen molar-refractivity contribution in [2.45, 2.75) is 38.7 Å². The molecular formula is C14H21NO. The summed E-state index contributed by atoms with van der Waals surface area (Å²) in [7, 11) is 0. The van der Waals surface area contributed by atoms with E-state index >= 15 is 0 Å². The Morgan fingerprint density at radius 1 is 1.31 bits per heavy atom. The molecule has 1 aromatic rings. The number of aryl methyl sites for hydroxylation is 1. The third-order valence-corrected chi connectivity index (χ3v) is 4.21. The molecule has 1 unspecified atom stereocenters. The Kier molecular flexibility index (Phi) is 2.81. The van der Waals surface area contributed by atoms with Gasteiger partial charge in [-0.05, 0) is 44.2 Å². The van der Waals surface area contributed by atoms with Gasteiger partial charge in [0.05, 0.1) is 5.60 Å². The zero-order chi connectivity index (χ0) is 11.8. The topological polar surface area (TPSA) is 46.2 Å². The summed E-state index contributed by atoms with van der Waals surface area (Å²) in [5.74, 6) is 0. The van der Waals surface area contributed by atoms with Crippen molar-refractivity contribution in [1.29, 1.82) is 0 Å². The summed E-state index contributed by atoms with van der Waals surface area (Å²) in [4.78, 5) is 0. The smallest absolute Gasteiger partial charge is 0.0663 e. The summed E-state index contributed by atoms with van der Waals surface area (Å²) in [6.45, 7) is 4.31. The number of aliphatic hydroxyl groups is 1. The molecule has 0 spiro atoms. The molecule has 2 nitrogen and oxygen atoms in total. The van der Waals surface area contributed by atoms with E-state index in [1.54, 1.807) is 0 Å². The summed E-state index contributed by atoms with van der Waals surface area (Å²) < 4.78 is 0. The van der Waals surface area contributed by atoms with Crippen molar-refractivity contribution in [1.82, 2.24) is 0 Å². The van der Waals surface area contributed by atoms with Crippen LogP contribution in [-0.2, 0) is 12.8 Å². The van der Waals surface area contributed by atoms with E-state index in [9.17, 15) is 5.11 Å². The Balaban J connectivity index is 2.36. The third-order valence-electron chi connectivity index (χ3n) is 4.21. The largest absolute Gasteiger partial charge is 0.390 e. The van der Waals surface area contributed by atoms with Gasteiger partial charge in [0, 0.05) is 12.0 Å². The average molecular weight is 219 g/mol. The Labute approximate surface area is 97.5 Å². The molecule has 0 bridgehead atoms. The Morgan fingerprint density at radius 2 is 1.94 bits per heavy atom. The van der Waals surface area contributed by atoms with Crippen molar-refractivity contribution in [3.8, 4) is 0 Å². The molecule has 16 heavy (non-hydrogen) atoms. The number of rotatable bonds is 2. The highest BCUT2D eigenvalue weighted by Gasteiger charge is 2.44. The van der Waals surface area contributed by atoms with Crippen LogP contribution in [0.5, 0.6) is 0 Å². The highest BCUT2D eigenvalue weighted by atomic mass is 16.3. The highest BCUT2D eigenvalue weighted by Crippen LogP contribution is 2.42. The molecule has 0 saturated heterocycles. The van der Waals surface area contributed by atoms with Crippen molar-refractivity contribution in [2.75, 3.05) is 6.54 Å².